The average Bonchev–Trinajstić information content (AvgIpc) is 3.48. The summed E-state index contributed by atoms with van der Waals surface area (Å²) < 4.78 is 2.61. The first-order valence-electron chi connectivity index (χ1n) is 11.9. The number of thioether (sulfide) groups is 1. The summed E-state index contributed by atoms with van der Waals surface area (Å²) in [7, 11) is 1.77. The lowest BCUT2D eigenvalue weighted by Gasteiger charge is -2.41. The lowest BCUT2D eigenvalue weighted by Crippen LogP contribution is -2.53. The Hall–Kier alpha value is -2.66. The zero-order valence-corrected chi connectivity index (χ0v) is 22.0. The van der Waals surface area contributed by atoms with E-state index in [1.807, 2.05) is 4.90 Å². The van der Waals surface area contributed by atoms with E-state index < -0.39 is 0 Å². The van der Waals surface area contributed by atoms with E-state index in [4.69, 9.17) is 0 Å². The Kier molecular flexibility index (Phi) is 7.95. The van der Waals surface area contributed by atoms with Gasteiger partial charge in [-0.3, -0.25) is 24.4 Å². The monoisotopic (exact) mass is 516 g/mol. The van der Waals surface area contributed by atoms with E-state index in [-0.39, 0.29) is 23.6 Å². The molecule has 11 heteroatoms. The quantitative estimate of drug-likeness (QED) is 0.592. The number of carbonyl (C=O) groups excluding carboxylic acids is 3. The summed E-state index contributed by atoms with van der Waals surface area (Å²) in [6, 6.07) is 0. The summed E-state index contributed by atoms with van der Waals surface area (Å²) in [4.78, 5) is 45.7. The predicted octanol–water partition coefficient (Wildman–Crippen LogP) is 3.13. The Bertz CT molecular complexity index is 1090. The van der Waals surface area contributed by atoms with Crippen molar-refractivity contribution in [1.29, 1.82) is 0 Å². The van der Waals surface area contributed by atoms with Crippen LogP contribution < -0.4 is 5.32 Å². The van der Waals surface area contributed by atoms with Crippen LogP contribution in [0.1, 0.15) is 37.0 Å². The topological polar surface area (TPSA) is 100 Å². The van der Waals surface area contributed by atoms with Crippen molar-refractivity contribution in [1.82, 2.24) is 24.6 Å². The van der Waals surface area contributed by atoms with Gasteiger partial charge in [0.25, 0.3) is 5.91 Å². The number of hydrogen-bond acceptors (Lipinski definition) is 7. The summed E-state index contributed by atoms with van der Waals surface area (Å²) in [5.74, 6) is 0.658. The zero-order chi connectivity index (χ0) is 25.1. The van der Waals surface area contributed by atoms with Gasteiger partial charge in [0, 0.05) is 50.6 Å². The van der Waals surface area contributed by atoms with Gasteiger partial charge in [0.2, 0.25) is 11.8 Å². The van der Waals surface area contributed by atoms with Gasteiger partial charge < -0.3 is 9.80 Å². The molecular formula is C24H32N6O3S2. The van der Waals surface area contributed by atoms with Crippen molar-refractivity contribution in [2.24, 2.45) is 24.8 Å². The van der Waals surface area contributed by atoms with Gasteiger partial charge in [0.05, 0.1) is 22.2 Å². The van der Waals surface area contributed by atoms with Crippen molar-refractivity contribution < 1.29 is 14.4 Å². The van der Waals surface area contributed by atoms with Crippen molar-refractivity contribution in [3.63, 3.8) is 0 Å². The van der Waals surface area contributed by atoms with Crippen LogP contribution in [0.3, 0.4) is 0 Å². The Morgan fingerprint density at radius 3 is 2.49 bits per heavy atom. The second kappa shape index (κ2) is 10.9. The third-order valence-corrected chi connectivity index (χ3v) is 9.43. The molecule has 4 rings (SSSR count). The van der Waals surface area contributed by atoms with E-state index in [9.17, 15) is 14.4 Å². The van der Waals surface area contributed by atoms with Crippen LogP contribution in [0.2, 0.25) is 0 Å². The van der Waals surface area contributed by atoms with Crippen molar-refractivity contribution >= 4 is 46.0 Å². The Morgan fingerprint density at radius 1 is 1.11 bits per heavy atom. The molecule has 188 valence electrons. The number of nitrogens with one attached hydrogen (secondary N) is 1. The van der Waals surface area contributed by atoms with Gasteiger partial charge in [-0.25, -0.2) is 4.98 Å². The van der Waals surface area contributed by atoms with Crippen LogP contribution in [0.5, 0.6) is 0 Å². The lowest BCUT2D eigenvalue weighted by molar-refractivity contribution is -0.143. The number of carbonyl (C=O) groups is 3. The smallest absolute Gasteiger partial charge is 0.260 e. The largest absolute Gasteiger partial charge is 0.339 e. The number of nitrogens with zero attached hydrogens (tertiary/aromatic N) is 5. The van der Waals surface area contributed by atoms with E-state index in [1.54, 1.807) is 40.8 Å². The number of amides is 3. The van der Waals surface area contributed by atoms with Gasteiger partial charge in [-0.15, -0.1) is 11.8 Å². The van der Waals surface area contributed by atoms with E-state index in [2.05, 4.69) is 35.8 Å². The highest BCUT2D eigenvalue weighted by Crippen LogP contribution is 2.44. The zero-order valence-electron chi connectivity index (χ0n) is 20.3. The number of hydrogen-bond donors (Lipinski definition) is 1. The molecule has 4 unspecified atom stereocenters. The second-order valence-electron chi connectivity index (χ2n) is 9.38. The number of aryl methyl sites for hydroxylation is 1. The van der Waals surface area contributed by atoms with E-state index >= 15 is 0 Å². The molecule has 2 aliphatic rings. The molecule has 2 aromatic rings. The summed E-state index contributed by atoms with van der Waals surface area (Å²) in [5.41, 5.74) is 0.489. The molecule has 1 saturated heterocycles. The molecule has 1 aliphatic carbocycles. The second-order valence-corrected chi connectivity index (χ2v) is 12.0. The molecule has 3 heterocycles. The van der Waals surface area contributed by atoms with Crippen LogP contribution in [0.15, 0.2) is 35.5 Å². The van der Waals surface area contributed by atoms with Crippen molar-refractivity contribution in [3.8, 4) is 0 Å². The molecular weight excluding hydrogens is 484 g/mol. The van der Waals surface area contributed by atoms with Crippen molar-refractivity contribution in [3.05, 3.63) is 36.8 Å². The molecule has 9 nitrogen and oxygen atoms in total. The molecule has 0 bridgehead atoms. The van der Waals surface area contributed by atoms with Gasteiger partial charge in [-0.1, -0.05) is 31.8 Å². The summed E-state index contributed by atoms with van der Waals surface area (Å²) >= 11 is 3.20. The molecule has 0 spiro atoms. The molecule has 1 aliphatic heterocycles. The van der Waals surface area contributed by atoms with E-state index in [1.165, 1.54) is 23.6 Å². The fraction of sp³-hybridized carbons (Fsp3) is 0.542. The fourth-order valence-electron chi connectivity index (χ4n) is 4.87. The molecule has 2 aromatic heterocycles. The van der Waals surface area contributed by atoms with Gasteiger partial charge in [-0.05, 0) is 30.8 Å². The maximum Gasteiger partial charge on any atom is 0.260 e. The first-order valence-corrected chi connectivity index (χ1v) is 13.6. The molecule has 0 aromatic carbocycles. The molecule has 35 heavy (non-hydrogen) atoms. The highest BCUT2D eigenvalue weighted by molar-refractivity contribution is 8.01. The van der Waals surface area contributed by atoms with Crippen LogP contribution in [0.4, 0.5) is 5.13 Å². The molecule has 4 atom stereocenters. The van der Waals surface area contributed by atoms with Gasteiger partial charge in [0.15, 0.2) is 5.13 Å². The average molecular weight is 517 g/mol. The standard InChI is InChI=1S/C24H32N6O3S2/c1-5-20(31)29-6-8-30(9-7-29)23(33)18-11-19(16(3)10-15(18)2)34-21-13-25-24(35-21)27-22(32)17-12-26-28(4)14-17/h5,12-16,18-19H,1,6-11H2,2-4H3,(H,25,27,32). The number of rotatable bonds is 6. The lowest BCUT2D eigenvalue weighted by atomic mass is 9.74. The Balaban J connectivity index is 1.35. The van der Waals surface area contributed by atoms with Crippen molar-refractivity contribution in [2.45, 2.75) is 36.1 Å². The van der Waals surface area contributed by atoms with E-state index in [0.29, 0.717) is 54.0 Å². The predicted molar refractivity (Wildman–Crippen MR) is 137 cm³/mol. The van der Waals surface area contributed by atoms with Crippen LogP contribution in [-0.2, 0) is 16.6 Å². The number of thiazole rings is 1. The van der Waals surface area contributed by atoms with Crippen LogP contribution in [0.25, 0.3) is 0 Å². The minimum Gasteiger partial charge on any atom is -0.339 e. The van der Waals surface area contributed by atoms with Crippen LogP contribution in [-0.4, -0.2) is 73.7 Å². The highest BCUT2D eigenvalue weighted by Gasteiger charge is 2.39. The van der Waals surface area contributed by atoms with Crippen molar-refractivity contribution in [2.75, 3.05) is 31.5 Å². The van der Waals surface area contributed by atoms with Gasteiger partial charge in [0.1, 0.15) is 0 Å². The third kappa shape index (κ3) is 5.95. The summed E-state index contributed by atoms with van der Waals surface area (Å²) in [6.07, 6.45) is 8.12. The fourth-order valence-corrected chi connectivity index (χ4v) is 7.27. The normalized spacial score (nSPS) is 24.8. The first-order chi connectivity index (χ1) is 16.7. The molecule has 3 amide bonds. The Labute approximate surface area is 214 Å². The number of anilines is 1. The highest BCUT2D eigenvalue weighted by atomic mass is 32.2. The molecule has 1 saturated carbocycles. The van der Waals surface area contributed by atoms with Crippen LogP contribution >= 0.6 is 23.1 Å². The summed E-state index contributed by atoms with van der Waals surface area (Å²) in [5, 5.41) is 7.72. The minimum atomic E-state index is -0.232. The maximum atomic E-state index is 13.4. The minimum absolute atomic E-state index is 0.0250. The SMILES string of the molecule is C=CC(=O)N1CCN(C(=O)C2CC(Sc3cnc(NC(=O)c4cnn(C)c4)s3)C(C)CC2C)CC1. The van der Waals surface area contributed by atoms with E-state index in [0.717, 1.165) is 17.1 Å². The molecule has 1 N–H and O–H groups in total. The van der Waals surface area contributed by atoms with Gasteiger partial charge >= 0.3 is 0 Å². The third-order valence-electron chi connectivity index (χ3n) is 6.89. The number of piperazine rings is 1. The first kappa shape index (κ1) is 25.4. The van der Waals surface area contributed by atoms with Crippen LogP contribution in [0, 0.1) is 17.8 Å². The molecule has 2 fully saturated rings. The van der Waals surface area contributed by atoms with Gasteiger partial charge in [-0.2, -0.15) is 5.10 Å². The number of aromatic nitrogens is 3. The molecule has 0 radical (unpaired) electrons. The maximum absolute atomic E-state index is 13.4. The Morgan fingerprint density at radius 2 is 1.83 bits per heavy atom. The summed E-state index contributed by atoms with van der Waals surface area (Å²) in [6.45, 7) is 10.2.